The summed E-state index contributed by atoms with van der Waals surface area (Å²) in [5.41, 5.74) is 7.16. The van der Waals surface area contributed by atoms with E-state index < -0.39 is 0 Å². The molecule has 90 valence electrons. The van der Waals surface area contributed by atoms with Crippen LogP contribution in [0.1, 0.15) is 24.3 Å². The van der Waals surface area contributed by atoms with E-state index in [1.54, 1.807) is 11.3 Å². The zero-order valence-electron chi connectivity index (χ0n) is 9.53. The Balaban J connectivity index is 1.85. The van der Waals surface area contributed by atoms with Crippen molar-refractivity contribution in [2.45, 2.75) is 31.7 Å². The number of aromatic nitrogens is 1. The van der Waals surface area contributed by atoms with Gasteiger partial charge in [0.25, 0.3) is 0 Å². The fourth-order valence-electron chi connectivity index (χ4n) is 2.58. The topological polar surface area (TPSA) is 38.9 Å². The summed E-state index contributed by atoms with van der Waals surface area (Å²) in [6.45, 7) is 0. The van der Waals surface area contributed by atoms with Crippen molar-refractivity contribution in [2.75, 3.05) is 0 Å². The lowest BCUT2D eigenvalue weighted by Crippen LogP contribution is -2.25. The van der Waals surface area contributed by atoms with E-state index in [0.717, 1.165) is 17.0 Å². The highest BCUT2D eigenvalue weighted by Crippen LogP contribution is 2.31. The van der Waals surface area contributed by atoms with Gasteiger partial charge in [0.1, 0.15) is 0 Å². The molecule has 2 atom stereocenters. The second-order valence-electron chi connectivity index (χ2n) is 4.78. The van der Waals surface area contributed by atoms with E-state index >= 15 is 0 Å². The number of hydrogen-bond acceptors (Lipinski definition) is 3. The van der Waals surface area contributed by atoms with Crippen LogP contribution in [0.2, 0.25) is 5.02 Å². The summed E-state index contributed by atoms with van der Waals surface area (Å²) in [7, 11) is 0. The summed E-state index contributed by atoms with van der Waals surface area (Å²) in [6.07, 6.45) is 4.71. The maximum absolute atomic E-state index is 6.10. The van der Waals surface area contributed by atoms with Gasteiger partial charge in [-0.15, -0.1) is 11.3 Å². The maximum Gasteiger partial charge on any atom is 0.0941 e. The molecule has 0 unspecified atom stereocenters. The quantitative estimate of drug-likeness (QED) is 0.902. The van der Waals surface area contributed by atoms with Crippen molar-refractivity contribution in [3.05, 3.63) is 28.2 Å². The second-order valence-corrected chi connectivity index (χ2v) is 6.33. The Morgan fingerprint density at radius 2 is 2.29 bits per heavy atom. The van der Waals surface area contributed by atoms with Gasteiger partial charge in [-0.05, 0) is 37.0 Å². The predicted octanol–water partition coefficient (Wildman–Crippen LogP) is 3.62. The van der Waals surface area contributed by atoms with Crippen molar-refractivity contribution in [1.82, 2.24) is 4.98 Å². The highest BCUT2D eigenvalue weighted by Gasteiger charge is 2.25. The van der Waals surface area contributed by atoms with Crippen LogP contribution in [0.15, 0.2) is 18.2 Å². The SMILES string of the molecule is N[C@@H]1CCC[C@H]1Cc1nc2ccc(Cl)cc2s1. The van der Waals surface area contributed by atoms with Gasteiger partial charge in [-0.2, -0.15) is 0 Å². The molecule has 1 aromatic heterocycles. The highest BCUT2D eigenvalue weighted by atomic mass is 35.5. The molecule has 0 radical (unpaired) electrons. The molecular formula is C13H15ClN2S. The third-order valence-electron chi connectivity index (χ3n) is 3.55. The Kier molecular flexibility index (Phi) is 3.07. The molecule has 0 aliphatic heterocycles. The number of nitrogens with two attached hydrogens (primary N) is 1. The minimum absolute atomic E-state index is 0.366. The van der Waals surface area contributed by atoms with Gasteiger partial charge < -0.3 is 5.73 Å². The van der Waals surface area contributed by atoms with Gasteiger partial charge in [0.05, 0.1) is 15.2 Å². The molecule has 1 aromatic carbocycles. The molecule has 0 spiro atoms. The van der Waals surface area contributed by atoms with Gasteiger partial charge in [-0.1, -0.05) is 18.0 Å². The Labute approximate surface area is 110 Å². The van der Waals surface area contributed by atoms with Crippen LogP contribution >= 0.6 is 22.9 Å². The number of fused-ring (bicyclic) bond motifs is 1. The van der Waals surface area contributed by atoms with Gasteiger partial charge in [-0.25, -0.2) is 4.98 Å². The molecular weight excluding hydrogens is 252 g/mol. The predicted molar refractivity (Wildman–Crippen MR) is 73.7 cm³/mol. The first-order chi connectivity index (χ1) is 8.22. The molecule has 2 N–H and O–H groups in total. The van der Waals surface area contributed by atoms with Gasteiger partial charge in [0, 0.05) is 17.5 Å². The lowest BCUT2D eigenvalue weighted by molar-refractivity contribution is 0.478. The van der Waals surface area contributed by atoms with E-state index in [1.807, 2.05) is 18.2 Å². The monoisotopic (exact) mass is 266 g/mol. The van der Waals surface area contributed by atoms with Crippen LogP contribution in [0, 0.1) is 5.92 Å². The first-order valence-corrected chi connectivity index (χ1v) is 7.22. The number of nitrogens with zero attached hydrogens (tertiary/aromatic N) is 1. The molecule has 17 heavy (non-hydrogen) atoms. The van der Waals surface area contributed by atoms with E-state index in [0.29, 0.717) is 12.0 Å². The average Bonchev–Trinajstić information content (AvgIpc) is 2.85. The molecule has 1 aliphatic carbocycles. The molecule has 1 saturated carbocycles. The summed E-state index contributed by atoms with van der Waals surface area (Å²) >= 11 is 7.73. The standard InChI is InChI=1S/C13H15ClN2S/c14-9-4-5-11-12(7-9)17-13(16-11)6-8-2-1-3-10(8)15/h4-5,7-8,10H,1-3,6,15H2/t8-,10+/m0/s1. The zero-order valence-corrected chi connectivity index (χ0v) is 11.1. The molecule has 1 aliphatic rings. The largest absolute Gasteiger partial charge is 0.327 e. The fraction of sp³-hybridized carbons (Fsp3) is 0.462. The van der Waals surface area contributed by atoms with Gasteiger partial charge in [0.2, 0.25) is 0 Å². The number of benzene rings is 1. The van der Waals surface area contributed by atoms with Crippen molar-refractivity contribution in [3.63, 3.8) is 0 Å². The molecule has 0 amide bonds. The van der Waals surface area contributed by atoms with Gasteiger partial charge >= 0.3 is 0 Å². The van der Waals surface area contributed by atoms with Crippen molar-refractivity contribution < 1.29 is 0 Å². The Bertz CT molecular complexity index is 537. The van der Waals surface area contributed by atoms with Crippen LogP contribution in [0.4, 0.5) is 0 Å². The fourth-order valence-corrected chi connectivity index (χ4v) is 3.91. The van der Waals surface area contributed by atoms with Crippen molar-refractivity contribution >= 4 is 33.2 Å². The van der Waals surface area contributed by atoms with Gasteiger partial charge in [-0.3, -0.25) is 0 Å². The van der Waals surface area contributed by atoms with E-state index in [1.165, 1.54) is 29.0 Å². The molecule has 3 rings (SSSR count). The molecule has 0 bridgehead atoms. The van der Waals surface area contributed by atoms with Crippen molar-refractivity contribution in [1.29, 1.82) is 0 Å². The number of rotatable bonds is 2. The van der Waals surface area contributed by atoms with Crippen LogP contribution in [-0.2, 0) is 6.42 Å². The minimum Gasteiger partial charge on any atom is -0.327 e. The molecule has 0 saturated heterocycles. The Morgan fingerprint density at radius 3 is 3.06 bits per heavy atom. The van der Waals surface area contributed by atoms with Crippen LogP contribution in [0.3, 0.4) is 0 Å². The normalized spacial score (nSPS) is 24.6. The van der Waals surface area contributed by atoms with E-state index in [-0.39, 0.29) is 0 Å². The lowest BCUT2D eigenvalue weighted by Gasteiger charge is -2.12. The number of hydrogen-bond donors (Lipinski definition) is 1. The van der Waals surface area contributed by atoms with Crippen LogP contribution in [0.25, 0.3) is 10.2 Å². The number of thiazole rings is 1. The molecule has 1 heterocycles. The van der Waals surface area contributed by atoms with Crippen LogP contribution in [0.5, 0.6) is 0 Å². The highest BCUT2D eigenvalue weighted by molar-refractivity contribution is 7.18. The lowest BCUT2D eigenvalue weighted by atomic mass is 10.0. The molecule has 4 heteroatoms. The van der Waals surface area contributed by atoms with E-state index in [2.05, 4.69) is 4.98 Å². The second kappa shape index (κ2) is 4.56. The third-order valence-corrected chi connectivity index (χ3v) is 4.83. The first-order valence-electron chi connectivity index (χ1n) is 6.03. The van der Waals surface area contributed by atoms with Crippen LogP contribution in [-0.4, -0.2) is 11.0 Å². The van der Waals surface area contributed by atoms with Gasteiger partial charge in [0.15, 0.2) is 0 Å². The summed E-state index contributed by atoms with van der Waals surface area (Å²) in [5.74, 6) is 0.617. The average molecular weight is 267 g/mol. The number of halogens is 1. The molecule has 2 aromatic rings. The summed E-state index contributed by atoms with van der Waals surface area (Å²) in [5, 5.41) is 1.98. The first kappa shape index (κ1) is 11.5. The summed E-state index contributed by atoms with van der Waals surface area (Å²) < 4.78 is 1.18. The van der Waals surface area contributed by atoms with Crippen LogP contribution < -0.4 is 5.73 Å². The maximum atomic E-state index is 6.10. The molecule has 2 nitrogen and oxygen atoms in total. The molecule has 1 fully saturated rings. The third kappa shape index (κ3) is 2.32. The van der Waals surface area contributed by atoms with E-state index in [9.17, 15) is 0 Å². The summed E-state index contributed by atoms with van der Waals surface area (Å²) in [4.78, 5) is 4.66. The van der Waals surface area contributed by atoms with E-state index in [4.69, 9.17) is 17.3 Å². The zero-order chi connectivity index (χ0) is 11.8. The van der Waals surface area contributed by atoms with Crippen molar-refractivity contribution in [3.8, 4) is 0 Å². The smallest absolute Gasteiger partial charge is 0.0941 e. The summed E-state index contributed by atoms with van der Waals surface area (Å²) in [6, 6.07) is 6.25. The Hall–Kier alpha value is -0.640. The van der Waals surface area contributed by atoms with Crippen molar-refractivity contribution in [2.24, 2.45) is 11.7 Å². The minimum atomic E-state index is 0.366. The Morgan fingerprint density at radius 1 is 1.41 bits per heavy atom.